The van der Waals surface area contributed by atoms with E-state index in [0.717, 1.165) is 5.56 Å². The third-order valence-corrected chi connectivity index (χ3v) is 3.19. The van der Waals surface area contributed by atoms with Crippen LogP contribution in [0.2, 0.25) is 0 Å². The Morgan fingerprint density at radius 3 is 2.47 bits per heavy atom. The number of hydrogen-bond donors (Lipinski definition) is 3. The zero-order chi connectivity index (χ0) is 14.3. The number of amides is 1. The summed E-state index contributed by atoms with van der Waals surface area (Å²) < 4.78 is 26.7. The molecule has 0 aliphatic rings. The van der Waals surface area contributed by atoms with Crippen molar-refractivity contribution in [3.05, 3.63) is 29.8 Å². The van der Waals surface area contributed by atoms with Crippen LogP contribution in [0.1, 0.15) is 5.56 Å². The van der Waals surface area contributed by atoms with E-state index in [1.165, 1.54) is 12.1 Å². The van der Waals surface area contributed by atoms with Gasteiger partial charge in [-0.15, -0.1) is 0 Å². The highest BCUT2D eigenvalue weighted by Gasteiger charge is 2.06. The lowest BCUT2D eigenvalue weighted by Gasteiger charge is -2.06. The number of ether oxygens (including phenoxy) is 1. The number of nitrogens with two attached hydrogens (primary N) is 1. The maximum absolute atomic E-state index is 11.0. The number of alkyl carbamates (subject to hydrolysis) is 1. The molecule has 0 heterocycles. The third-order valence-electron chi connectivity index (χ3n) is 2.26. The van der Waals surface area contributed by atoms with E-state index in [4.69, 9.17) is 10.2 Å². The number of rotatable bonds is 6. The summed E-state index contributed by atoms with van der Waals surface area (Å²) in [6.45, 7) is 0.0797. The molecular formula is C11H16N2O5S. The number of carbonyl (C=O) groups excluding carboxylic acids is 1. The Hall–Kier alpha value is -1.64. The van der Waals surface area contributed by atoms with Crippen LogP contribution in [0, 0.1) is 0 Å². The van der Waals surface area contributed by atoms with Gasteiger partial charge >= 0.3 is 6.09 Å². The lowest BCUT2D eigenvalue weighted by Crippen LogP contribution is -2.27. The van der Waals surface area contributed by atoms with Gasteiger partial charge in [0, 0.05) is 6.54 Å². The summed E-state index contributed by atoms with van der Waals surface area (Å²) in [5, 5.41) is 15.9. The van der Waals surface area contributed by atoms with Gasteiger partial charge in [0.1, 0.15) is 6.61 Å². The summed E-state index contributed by atoms with van der Waals surface area (Å²) in [4.78, 5) is 11.1. The van der Waals surface area contributed by atoms with Crippen LogP contribution in [-0.4, -0.2) is 39.4 Å². The van der Waals surface area contributed by atoms with Gasteiger partial charge in [-0.1, -0.05) is 12.1 Å². The Balaban J connectivity index is 2.40. The van der Waals surface area contributed by atoms with Gasteiger partial charge in [0.05, 0.1) is 11.5 Å². The van der Waals surface area contributed by atoms with Gasteiger partial charge in [0.25, 0.3) is 0 Å². The fourth-order valence-electron chi connectivity index (χ4n) is 1.34. The first-order valence-electron chi connectivity index (χ1n) is 5.56. The van der Waals surface area contributed by atoms with Crippen LogP contribution in [0.4, 0.5) is 4.79 Å². The molecule has 106 valence electrons. The molecular weight excluding hydrogens is 272 g/mol. The summed E-state index contributed by atoms with van der Waals surface area (Å²) in [7, 11) is -3.68. The molecule has 19 heavy (non-hydrogen) atoms. The van der Waals surface area contributed by atoms with Gasteiger partial charge in [0.2, 0.25) is 10.0 Å². The highest BCUT2D eigenvalue weighted by Crippen LogP contribution is 2.08. The van der Waals surface area contributed by atoms with Crippen LogP contribution in [0.15, 0.2) is 29.2 Å². The van der Waals surface area contributed by atoms with Crippen LogP contribution < -0.4 is 10.5 Å². The topological polar surface area (TPSA) is 119 Å². The molecule has 0 aromatic heterocycles. The van der Waals surface area contributed by atoms with E-state index in [2.05, 4.69) is 10.1 Å². The molecule has 1 amide bonds. The summed E-state index contributed by atoms with van der Waals surface area (Å²) in [5.74, 6) is 0. The first kappa shape index (κ1) is 15.4. The van der Waals surface area contributed by atoms with Crippen molar-refractivity contribution in [2.24, 2.45) is 5.14 Å². The van der Waals surface area contributed by atoms with Gasteiger partial charge < -0.3 is 15.2 Å². The van der Waals surface area contributed by atoms with E-state index in [0.29, 0.717) is 13.0 Å². The van der Waals surface area contributed by atoms with E-state index >= 15 is 0 Å². The maximum atomic E-state index is 11.0. The predicted octanol–water partition coefficient (Wildman–Crippen LogP) is -0.405. The second kappa shape index (κ2) is 7.07. The Morgan fingerprint density at radius 1 is 1.32 bits per heavy atom. The van der Waals surface area contributed by atoms with Crippen LogP contribution in [0.3, 0.4) is 0 Å². The minimum absolute atomic E-state index is 0.0467. The van der Waals surface area contributed by atoms with Crippen LogP contribution in [0.5, 0.6) is 0 Å². The molecule has 0 unspecified atom stereocenters. The molecule has 0 saturated heterocycles. The van der Waals surface area contributed by atoms with Crippen molar-refractivity contribution in [3.63, 3.8) is 0 Å². The smallest absolute Gasteiger partial charge is 0.407 e. The van der Waals surface area contributed by atoms with Crippen LogP contribution in [-0.2, 0) is 21.2 Å². The predicted molar refractivity (Wildman–Crippen MR) is 68.0 cm³/mol. The van der Waals surface area contributed by atoms with Gasteiger partial charge in [-0.25, -0.2) is 18.4 Å². The molecule has 4 N–H and O–H groups in total. The van der Waals surface area contributed by atoms with E-state index in [-0.39, 0.29) is 18.1 Å². The highest BCUT2D eigenvalue weighted by molar-refractivity contribution is 7.89. The number of nitrogens with one attached hydrogen (secondary N) is 1. The van der Waals surface area contributed by atoms with Gasteiger partial charge in [-0.2, -0.15) is 0 Å². The zero-order valence-corrected chi connectivity index (χ0v) is 11.0. The normalized spacial score (nSPS) is 11.1. The first-order valence-corrected chi connectivity index (χ1v) is 7.11. The molecule has 0 fully saturated rings. The summed E-state index contributed by atoms with van der Waals surface area (Å²) >= 11 is 0. The van der Waals surface area contributed by atoms with E-state index in [9.17, 15) is 13.2 Å². The van der Waals surface area contributed by atoms with Crippen LogP contribution >= 0.6 is 0 Å². The lowest BCUT2D eigenvalue weighted by molar-refractivity contribution is 0.119. The molecule has 1 aromatic carbocycles. The Bertz CT molecular complexity index is 512. The van der Waals surface area contributed by atoms with Crippen molar-refractivity contribution in [2.45, 2.75) is 11.3 Å². The molecule has 0 aliphatic carbocycles. The molecule has 7 nitrogen and oxygen atoms in total. The van der Waals surface area contributed by atoms with Crippen molar-refractivity contribution < 1.29 is 23.1 Å². The van der Waals surface area contributed by atoms with E-state index < -0.39 is 16.1 Å². The number of carbonyl (C=O) groups is 1. The fourth-order valence-corrected chi connectivity index (χ4v) is 1.86. The minimum atomic E-state index is -3.68. The average Bonchev–Trinajstić information content (AvgIpc) is 2.36. The van der Waals surface area contributed by atoms with Crippen LogP contribution in [0.25, 0.3) is 0 Å². The molecule has 0 spiro atoms. The number of aliphatic hydroxyl groups excluding tert-OH is 1. The van der Waals surface area contributed by atoms with Gasteiger partial charge in [-0.3, -0.25) is 0 Å². The van der Waals surface area contributed by atoms with Gasteiger partial charge in [0.15, 0.2) is 0 Å². The Kier molecular flexibility index (Phi) is 5.74. The second-order valence-electron chi connectivity index (χ2n) is 3.73. The second-order valence-corrected chi connectivity index (χ2v) is 5.29. The molecule has 0 bridgehead atoms. The quantitative estimate of drug-likeness (QED) is 0.658. The summed E-state index contributed by atoms with van der Waals surface area (Å²) in [6.07, 6.45) is -0.0748. The SMILES string of the molecule is NS(=O)(=O)c1ccc(CCNC(=O)OCCO)cc1. The summed E-state index contributed by atoms with van der Waals surface area (Å²) in [5.41, 5.74) is 0.856. The highest BCUT2D eigenvalue weighted by atomic mass is 32.2. The standard InChI is InChI=1S/C11H16N2O5S/c12-19(16,17)10-3-1-9(2-4-10)5-6-13-11(15)18-8-7-14/h1-4,14H,5-8H2,(H,13,15)(H2,12,16,17). The number of sulfonamides is 1. The minimum Gasteiger partial charge on any atom is -0.447 e. The zero-order valence-electron chi connectivity index (χ0n) is 10.2. The largest absolute Gasteiger partial charge is 0.447 e. The average molecular weight is 288 g/mol. The molecule has 0 aliphatic heterocycles. The number of benzene rings is 1. The Labute approximate surface area is 111 Å². The number of hydrogen-bond acceptors (Lipinski definition) is 5. The van der Waals surface area contributed by atoms with Crippen molar-refractivity contribution in [1.29, 1.82) is 0 Å². The van der Waals surface area contributed by atoms with Gasteiger partial charge in [-0.05, 0) is 24.1 Å². The number of aliphatic hydroxyl groups is 1. The molecule has 0 radical (unpaired) electrons. The third kappa shape index (κ3) is 5.69. The molecule has 0 saturated carbocycles. The fraction of sp³-hybridized carbons (Fsp3) is 0.364. The first-order chi connectivity index (χ1) is 8.93. The van der Waals surface area contributed by atoms with Crippen molar-refractivity contribution in [2.75, 3.05) is 19.8 Å². The van der Waals surface area contributed by atoms with Crippen molar-refractivity contribution in [3.8, 4) is 0 Å². The van der Waals surface area contributed by atoms with E-state index in [1.807, 2.05) is 0 Å². The molecule has 1 rings (SSSR count). The molecule has 8 heteroatoms. The monoisotopic (exact) mass is 288 g/mol. The number of primary sulfonamides is 1. The Morgan fingerprint density at radius 2 is 1.95 bits per heavy atom. The van der Waals surface area contributed by atoms with Crippen molar-refractivity contribution >= 4 is 16.1 Å². The summed E-state index contributed by atoms with van der Waals surface area (Å²) in [6, 6.07) is 6.07. The maximum Gasteiger partial charge on any atom is 0.407 e. The molecule has 1 aromatic rings. The molecule has 0 atom stereocenters. The lowest BCUT2D eigenvalue weighted by atomic mass is 10.1. The van der Waals surface area contributed by atoms with Crippen molar-refractivity contribution in [1.82, 2.24) is 5.32 Å². The van der Waals surface area contributed by atoms with E-state index in [1.54, 1.807) is 12.1 Å².